The highest BCUT2D eigenvalue weighted by Gasteiger charge is 2.53. The van der Waals surface area contributed by atoms with E-state index in [-0.39, 0.29) is 5.91 Å². The molecule has 25 heavy (non-hydrogen) atoms. The molecule has 0 unspecified atom stereocenters. The van der Waals surface area contributed by atoms with E-state index in [4.69, 9.17) is 0 Å². The zero-order valence-electron chi connectivity index (χ0n) is 14.4. The lowest BCUT2D eigenvalue weighted by atomic mass is 9.61. The van der Waals surface area contributed by atoms with Crippen molar-refractivity contribution < 1.29 is 4.79 Å². The van der Waals surface area contributed by atoms with Crippen molar-refractivity contribution in [3.8, 4) is 12.1 Å². The van der Waals surface area contributed by atoms with Gasteiger partial charge in [0.2, 0.25) is 5.91 Å². The maximum Gasteiger partial charge on any atom is 0.245 e. The van der Waals surface area contributed by atoms with Crippen molar-refractivity contribution in [1.82, 2.24) is 4.90 Å². The number of carbonyl (C=O) groups is 1. The van der Waals surface area contributed by atoms with Crippen LogP contribution >= 0.6 is 11.8 Å². The van der Waals surface area contributed by atoms with Crippen LogP contribution in [0.5, 0.6) is 0 Å². The van der Waals surface area contributed by atoms with Crippen molar-refractivity contribution in [3.63, 3.8) is 0 Å². The molecule has 0 N–H and O–H groups in total. The molecular formula is C20H21N3OS. The maximum absolute atomic E-state index is 12.9. The van der Waals surface area contributed by atoms with Gasteiger partial charge in [-0.05, 0) is 18.4 Å². The van der Waals surface area contributed by atoms with Crippen LogP contribution in [0.1, 0.15) is 37.7 Å². The summed E-state index contributed by atoms with van der Waals surface area (Å²) in [5.41, 5.74) is 1.20. The third-order valence-corrected chi connectivity index (χ3v) is 6.58. The van der Waals surface area contributed by atoms with Crippen molar-refractivity contribution in [2.75, 3.05) is 7.05 Å². The molecule has 2 aliphatic rings. The van der Waals surface area contributed by atoms with Gasteiger partial charge in [0, 0.05) is 18.2 Å². The largest absolute Gasteiger partial charge is 0.308 e. The van der Waals surface area contributed by atoms with E-state index < -0.39 is 11.3 Å². The van der Waals surface area contributed by atoms with Crippen molar-refractivity contribution in [1.29, 1.82) is 10.5 Å². The summed E-state index contributed by atoms with van der Waals surface area (Å²) < 4.78 is 0. The van der Waals surface area contributed by atoms with Gasteiger partial charge in [0.1, 0.15) is 5.92 Å². The summed E-state index contributed by atoms with van der Waals surface area (Å²) in [6.45, 7) is 0. The molecule has 1 fully saturated rings. The molecule has 1 aliphatic heterocycles. The molecule has 1 saturated carbocycles. The number of hydrogen-bond acceptors (Lipinski definition) is 4. The summed E-state index contributed by atoms with van der Waals surface area (Å²) in [5, 5.41) is 20.3. The Morgan fingerprint density at radius 1 is 1.20 bits per heavy atom. The van der Waals surface area contributed by atoms with Crippen molar-refractivity contribution in [2.24, 2.45) is 11.3 Å². The van der Waals surface area contributed by atoms with E-state index in [0.717, 1.165) is 42.7 Å². The predicted octanol–water partition coefficient (Wildman–Crippen LogP) is 4.22. The second-order valence-corrected chi connectivity index (χ2v) is 7.71. The first-order chi connectivity index (χ1) is 12.1. The number of thioether (sulfide) groups is 1. The van der Waals surface area contributed by atoms with Gasteiger partial charge in [-0.1, -0.05) is 49.6 Å². The van der Waals surface area contributed by atoms with Gasteiger partial charge < -0.3 is 4.90 Å². The number of allylic oxidation sites excluding steroid dienone is 1. The molecule has 1 aromatic rings. The quantitative estimate of drug-likeness (QED) is 0.818. The van der Waals surface area contributed by atoms with E-state index in [1.807, 2.05) is 30.3 Å². The Labute approximate surface area is 153 Å². The second-order valence-electron chi connectivity index (χ2n) is 6.74. The fourth-order valence-electron chi connectivity index (χ4n) is 4.01. The molecule has 1 spiro atoms. The molecule has 128 valence electrons. The molecular weight excluding hydrogens is 330 g/mol. The molecule has 1 amide bonds. The van der Waals surface area contributed by atoms with E-state index in [2.05, 4.69) is 12.1 Å². The first-order valence-corrected chi connectivity index (χ1v) is 9.61. The Kier molecular flexibility index (Phi) is 5.16. The van der Waals surface area contributed by atoms with Gasteiger partial charge in [-0.25, -0.2) is 0 Å². The number of nitrogens with zero attached hydrogens (tertiary/aromatic N) is 3. The van der Waals surface area contributed by atoms with E-state index >= 15 is 0 Å². The lowest BCUT2D eigenvalue weighted by Crippen LogP contribution is -2.49. The molecule has 1 heterocycles. The number of carbonyl (C=O) groups excluding carboxylic acids is 1. The molecule has 0 radical (unpaired) electrons. The fourth-order valence-corrected chi connectivity index (χ4v) is 5.18. The van der Waals surface area contributed by atoms with Crippen LogP contribution in [-0.4, -0.2) is 17.9 Å². The van der Waals surface area contributed by atoms with E-state index in [1.54, 1.807) is 7.05 Å². The lowest BCUT2D eigenvalue weighted by Gasteiger charge is -2.45. The average Bonchev–Trinajstić information content (AvgIpc) is 2.65. The van der Waals surface area contributed by atoms with Crippen molar-refractivity contribution in [2.45, 2.75) is 37.9 Å². The van der Waals surface area contributed by atoms with Crippen LogP contribution in [0.4, 0.5) is 0 Å². The highest BCUT2D eigenvalue weighted by molar-refractivity contribution is 8.02. The topological polar surface area (TPSA) is 67.9 Å². The molecule has 1 aliphatic carbocycles. The zero-order valence-corrected chi connectivity index (χ0v) is 15.2. The summed E-state index contributed by atoms with van der Waals surface area (Å²) in [7, 11) is 1.69. The maximum atomic E-state index is 12.9. The van der Waals surface area contributed by atoms with E-state index in [1.165, 1.54) is 16.7 Å². The number of benzene rings is 1. The minimum atomic E-state index is -0.742. The molecule has 0 bridgehead atoms. The normalized spacial score (nSPS) is 22.6. The van der Waals surface area contributed by atoms with Crippen LogP contribution in [0.25, 0.3) is 0 Å². The van der Waals surface area contributed by atoms with Crippen LogP contribution in [0.15, 0.2) is 40.9 Å². The first kappa shape index (κ1) is 17.6. The highest BCUT2D eigenvalue weighted by atomic mass is 32.2. The Bertz CT molecular complexity index is 766. The second kappa shape index (κ2) is 7.33. The average molecular weight is 351 g/mol. The molecule has 3 rings (SSSR count). The summed E-state index contributed by atoms with van der Waals surface area (Å²) in [4.78, 5) is 14.4. The van der Waals surface area contributed by atoms with Gasteiger partial charge in [0.15, 0.2) is 0 Å². The van der Waals surface area contributed by atoms with Gasteiger partial charge in [-0.15, -0.1) is 11.8 Å². The van der Waals surface area contributed by atoms with Crippen LogP contribution in [0, 0.1) is 34.0 Å². The number of hydrogen-bond donors (Lipinski definition) is 0. The molecule has 1 atom stereocenters. The third kappa shape index (κ3) is 3.05. The summed E-state index contributed by atoms with van der Waals surface area (Å²) in [6.07, 6.45) is 4.55. The number of nitriles is 2. The van der Waals surface area contributed by atoms with Gasteiger partial charge in [-0.2, -0.15) is 10.5 Å². The summed E-state index contributed by atoms with van der Waals surface area (Å²) >= 11 is 1.53. The molecule has 4 nitrogen and oxygen atoms in total. The molecule has 5 heteroatoms. The van der Waals surface area contributed by atoms with Crippen LogP contribution < -0.4 is 0 Å². The SMILES string of the molecule is CN1C(=O)[C@@H](C#N)C2(CCCCC2)C(C#N)=C1SCc1ccccc1. The Hall–Kier alpha value is -2.24. The molecule has 1 aromatic carbocycles. The Balaban J connectivity index is 2.01. The van der Waals surface area contributed by atoms with Gasteiger partial charge >= 0.3 is 0 Å². The minimum absolute atomic E-state index is 0.168. The van der Waals surface area contributed by atoms with Crippen LogP contribution in [0.3, 0.4) is 0 Å². The first-order valence-electron chi connectivity index (χ1n) is 8.63. The third-order valence-electron chi connectivity index (χ3n) is 5.35. The lowest BCUT2D eigenvalue weighted by molar-refractivity contribution is -0.135. The van der Waals surface area contributed by atoms with Crippen LogP contribution in [-0.2, 0) is 10.5 Å². The standard InChI is InChI=1S/C20H21N3OS/c1-23-18(24)16(12-21)20(10-6-3-7-11-20)17(13-22)19(23)25-14-15-8-4-2-5-9-15/h2,4-5,8-9,16H,3,6-7,10-11,14H2,1H3/t16-/m1/s1. The molecule has 0 aromatic heterocycles. The predicted molar refractivity (Wildman–Crippen MR) is 97.8 cm³/mol. The number of amides is 1. The number of rotatable bonds is 3. The Morgan fingerprint density at radius 2 is 1.88 bits per heavy atom. The molecule has 0 saturated heterocycles. The van der Waals surface area contributed by atoms with Gasteiger partial charge in [0.25, 0.3) is 0 Å². The smallest absolute Gasteiger partial charge is 0.245 e. The van der Waals surface area contributed by atoms with Crippen LogP contribution in [0.2, 0.25) is 0 Å². The van der Waals surface area contributed by atoms with E-state index in [9.17, 15) is 15.3 Å². The van der Waals surface area contributed by atoms with Gasteiger partial charge in [0.05, 0.1) is 22.7 Å². The van der Waals surface area contributed by atoms with Crippen molar-refractivity contribution in [3.05, 3.63) is 46.5 Å². The van der Waals surface area contributed by atoms with E-state index in [0.29, 0.717) is 11.3 Å². The summed E-state index contributed by atoms with van der Waals surface area (Å²) in [5.74, 6) is -0.209. The zero-order chi connectivity index (χ0) is 17.9. The van der Waals surface area contributed by atoms with Crippen molar-refractivity contribution >= 4 is 17.7 Å². The Morgan fingerprint density at radius 3 is 2.48 bits per heavy atom. The minimum Gasteiger partial charge on any atom is -0.308 e. The summed E-state index contributed by atoms with van der Waals surface area (Å²) in [6, 6.07) is 14.6. The monoisotopic (exact) mass is 351 g/mol. The van der Waals surface area contributed by atoms with Gasteiger partial charge in [-0.3, -0.25) is 4.79 Å². The highest BCUT2D eigenvalue weighted by Crippen LogP contribution is 2.54. The fraction of sp³-hybridized carbons (Fsp3) is 0.450.